The van der Waals surface area contributed by atoms with Crippen molar-refractivity contribution in [3.63, 3.8) is 0 Å². The Hall–Kier alpha value is -2.11. The fraction of sp³-hybridized carbons (Fsp3) is 0.467. The second kappa shape index (κ2) is 8.94. The van der Waals surface area contributed by atoms with E-state index in [-0.39, 0.29) is 24.2 Å². The number of nitrogens with one attached hydrogen (secondary N) is 1. The minimum atomic E-state index is -0.871. The van der Waals surface area contributed by atoms with Crippen LogP contribution in [0.4, 0.5) is 4.39 Å². The number of carbonyl (C=O) groups excluding carboxylic acids is 1. The van der Waals surface area contributed by atoms with E-state index in [1.807, 2.05) is 0 Å². The Morgan fingerprint density at radius 1 is 1.29 bits per heavy atom. The molecule has 1 atom stereocenters. The number of aliphatic carboxylic acids is 1. The molecule has 0 aliphatic carbocycles. The zero-order chi connectivity index (χ0) is 15.7. The third-order valence-electron chi connectivity index (χ3n) is 2.83. The van der Waals surface area contributed by atoms with Gasteiger partial charge in [-0.2, -0.15) is 0 Å². The molecule has 0 aliphatic rings. The molecule has 0 aliphatic heterocycles. The highest BCUT2D eigenvalue weighted by Gasteiger charge is 2.09. The van der Waals surface area contributed by atoms with Crippen molar-refractivity contribution in [3.8, 4) is 5.75 Å². The van der Waals surface area contributed by atoms with E-state index in [1.165, 1.54) is 24.3 Å². The van der Waals surface area contributed by atoms with Crippen molar-refractivity contribution in [2.24, 2.45) is 0 Å². The fourth-order valence-corrected chi connectivity index (χ4v) is 1.71. The summed E-state index contributed by atoms with van der Waals surface area (Å²) in [4.78, 5) is 22.0. The molecule has 1 unspecified atom stereocenters. The topological polar surface area (TPSA) is 75.6 Å². The Labute approximate surface area is 123 Å². The predicted molar refractivity (Wildman–Crippen MR) is 75.6 cm³/mol. The molecule has 0 heterocycles. The number of hydrogen-bond acceptors (Lipinski definition) is 3. The molecule has 0 saturated carbocycles. The van der Waals surface area contributed by atoms with Gasteiger partial charge in [0.2, 0.25) is 5.91 Å². The van der Waals surface area contributed by atoms with Crippen LogP contribution in [0.15, 0.2) is 24.3 Å². The minimum absolute atomic E-state index is 0.0368. The zero-order valence-electron chi connectivity index (χ0n) is 12.0. The normalized spacial score (nSPS) is 11.7. The first-order valence-electron chi connectivity index (χ1n) is 6.87. The second-order valence-electron chi connectivity index (χ2n) is 4.81. The quantitative estimate of drug-likeness (QED) is 0.686. The maximum Gasteiger partial charge on any atom is 0.303 e. The third-order valence-corrected chi connectivity index (χ3v) is 2.83. The number of carbonyl (C=O) groups is 2. The first kappa shape index (κ1) is 16.9. The van der Waals surface area contributed by atoms with Crippen LogP contribution < -0.4 is 10.1 Å². The SMILES string of the molecule is CC(CCC(=O)O)NC(=O)CCCOc1ccc(F)cc1. The molecule has 116 valence electrons. The molecule has 0 aromatic heterocycles. The number of hydrogen-bond donors (Lipinski definition) is 2. The van der Waals surface area contributed by atoms with Gasteiger partial charge in [0.1, 0.15) is 11.6 Å². The number of benzene rings is 1. The highest BCUT2D eigenvalue weighted by molar-refractivity contribution is 5.76. The molecule has 0 radical (unpaired) electrons. The fourth-order valence-electron chi connectivity index (χ4n) is 1.71. The lowest BCUT2D eigenvalue weighted by atomic mass is 10.2. The lowest BCUT2D eigenvalue weighted by molar-refractivity contribution is -0.137. The lowest BCUT2D eigenvalue weighted by Crippen LogP contribution is -2.32. The molecule has 1 amide bonds. The molecular formula is C15H20FNO4. The van der Waals surface area contributed by atoms with Gasteiger partial charge in [-0.1, -0.05) is 0 Å². The van der Waals surface area contributed by atoms with Crippen molar-refractivity contribution >= 4 is 11.9 Å². The number of carboxylic acids is 1. The van der Waals surface area contributed by atoms with E-state index in [9.17, 15) is 14.0 Å². The van der Waals surface area contributed by atoms with Crippen molar-refractivity contribution in [1.82, 2.24) is 5.32 Å². The van der Waals surface area contributed by atoms with Crippen LogP contribution in [0.1, 0.15) is 32.6 Å². The van der Waals surface area contributed by atoms with Crippen LogP contribution in [-0.2, 0) is 9.59 Å². The summed E-state index contributed by atoms with van der Waals surface area (Å²) >= 11 is 0. The van der Waals surface area contributed by atoms with Crippen LogP contribution in [0.25, 0.3) is 0 Å². The van der Waals surface area contributed by atoms with Gasteiger partial charge in [-0.25, -0.2) is 4.39 Å². The number of carboxylic acid groups (broad SMARTS) is 1. The Balaban J connectivity index is 2.13. The van der Waals surface area contributed by atoms with E-state index in [4.69, 9.17) is 9.84 Å². The van der Waals surface area contributed by atoms with Crippen molar-refractivity contribution in [2.45, 2.75) is 38.6 Å². The van der Waals surface area contributed by atoms with E-state index in [1.54, 1.807) is 6.92 Å². The number of ether oxygens (including phenoxy) is 1. The molecule has 0 bridgehead atoms. The summed E-state index contributed by atoms with van der Waals surface area (Å²) in [5.74, 6) is -0.761. The largest absolute Gasteiger partial charge is 0.494 e. The molecular weight excluding hydrogens is 277 g/mol. The first-order chi connectivity index (χ1) is 9.97. The van der Waals surface area contributed by atoms with Crippen molar-refractivity contribution in [2.75, 3.05) is 6.61 Å². The van der Waals surface area contributed by atoms with Crippen LogP contribution in [0, 0.1) is 5.82 Å². The molecule has 1 aromatic carbocycles. The zero-order valence-corrected chi connectivity index (χ0v) is 12.0. The predicted octanol–water partition coefficient (Wildman–Crippen LogP) is 2.35. The van der Waals surface area contributed by atoms with E-state index in [0.29, 0.717) is 31.6 Å². The van der Waals surface area contributed by atoms with Crippen LogP contribution in [-0.4, -0.2) is 29.6 Å². The highest BCUT2D eigenvalue weighted by atomic mass is 19.1. The van der Waals surface area contributed by atoms with E-state index in [0.717, 1.165) is 0 Å². The maximum absolute atomic E-state index is 12.7. The smallest absolute Gasteiger partial charge is 0.303 e. The summed E-state index contributed by atoms with van der Waals surface area (Å²) in [6.07, 6.45) is 1.29. The van der Waals surface area contributed by atoms with E-state index < -0.39 is 5.97 Å². The van der Waals surface area contributed by atoms with Crippen LogP contribution in [0.3, 0.4) is 0 Å². The van der Waals surface area contributed by atoms with Crippen molar-refractivity contribution in [3.05, 3.63) is 30.1 Å². The van der Waals surface area contributed by atoms with E-state index >= 15 is 0 Å². The van der Waals surface area contributed by atoms with Gasteiger partial charge in [0.25, 0.3) is 0 Å². The summed E-state index contributed by atoms with van der Waals surface area (Å²) in [5.41, 5.74) is 0. The molecule has 5 nitrogen and oxygen atoms in total. The van der Waals surface area contributed by atoms with Gasteiger partial charge in [0.15, 0.2) is 0 Å². The first-order valence-corrected chi connectivity index (χ1v) is 6.87. The number of halogens is 1. The Morgan fingerprint density at radius 3 is 2.57 bits per heavy atom. The van der Waals surface area contributed by atoms with Crippen molar-refractivity contribution < 1.29 is 23.8 Å². The molecule has 1 aromatic rings. The molecule has 6 heteroatoms. The second-order valence-corrected chi connectivity index (χ2v) is 4.81. The lowest BCUT2D eigenvalue weighted by Gasteiger charge is -2.12. The molecule has 0 fully saturated rings. The van der Waals surface area contributed by atoms with Gasteiger partial charge in [0.05, 0.1) is 6.61 Å². The van der Waals surface area contributed by atoms with Gasteiger partial charge < -0.3 is 15.2 Å². The Morgan fingerprint density at radius 2 is 1.95 bits per heavy atom. The minimum Gasteiger partial charge on any atom is -0.494 e. The van der Waals surface area contributed by atoms with Gasteiger partial charge in [-0.05, 0) is 44.0 Å². The van der Waals surface area contributed by atoms with Gasteiger partial charge in [-0.15, -0.1) is 0 Å². The molecule has 0 spiro atoms. The van der Waals surface area contributed by atoms with Crippen LogP contribution >= 0.6 is 0 Å². The number of rotatable bonds is 9. The van der Waals surface area contributed by atoms with Crippen LogP contribution in [0.2, 0.25) is 0 Å². The summed E-state index contributed by atoms with van der Waals surface area (Å²) in [5, 5.41) is 11.3. The van der Waals surface area contributed by atoms with E-state index in [2.05, 4.69) is 5.32 Å². The molecule has 2 N–H and O–H groups in total. The highest BCUT2D eigenvalue weighted by Crippen LogP contribution is 2.11. The maximum atomic E-state index is 12.7. The average Bonchev–Trinajstić information content (AvgIpc) is 2.43. The Bertz CT molecular complexity index is 461. The average molecular weight is 297 g/mol. The molecule has 0 saturated heterocycles. The summed E-state index contributed by atoms with van der Waals surface area (Å²) in [6.45, 7) is 2.14. The molecule has 1 rings (SSSR count). The third kappa shape index (κ3) is 7.91. The Kier molecular flexibility index (Phi) is 7.21. The monoisotopic (exact) mass is 297 g/mol. The summed E-state index contributed by atoms with van der Waals surface area (Å²) < 4.78 is 18.0. The summed E-state index contributed by atoms with van der Waals surface area (Å²) in [7, 11) is 0. The van der Waals surface area contributed by atoms with Gasteiger partial charge in [0, 0.05) is 18.9 Å². The summed E-state index contributed by atoms with van der Waals surface area (Å²) in [6, 6.07) is 5.53. The van der Waals surface area contributed by atoms with Crippen LogP contribution in [0.5, 0.6) is 5.75 Å². The molecule has 21 heavy (non-hydrogen) atoms. The standard InChI is InChI=1S/C15H20FNO4/c1-11(4-9-15(19)20)17-14(18)3-2-10-21-13-7-5-12(16)6-8-13/h5-8,11H,2-4,9-10H2,1H3,(H,17,18)(H,19,20). The van der Waals surface area contributed by atoms with Crippen molar-refractivity contribution in [1.29, 1.82) is 0 Å². The van der Waals surface area contributed by atoms with Gasteiger partial charge >= 0.3 is 5.97 Å². The van der Waals surface area contributed by atoms with Gasteiger partial charge in [-0.3, -0.25) is 9.59 Å². The number of amides is 1.